The van der Waals surface area contributed by atoms with Crippen LogP contribution in [0.25, 0.3) is 0 Å². The Kier molecular flexibility index (Phi) is 5.44. The maximum atomic E-state index is 10.5. The Bertz CT molecular complexity index is 545. The van der Waals surface area contributed by atoms with E-state index in [4.69, 9.17) is 0 Å². The average Bonchev–Trinajstić information content (AvgIpc) is 2.99. The summed E-state index contributed by atoms with van der Waals surface area (Å²) in [6.45, 7) is 4.32. The number of nitrogens with zero attached hydrogens (tertiary/aromatic N) is 1. The Hall–Kier alpha value is -1.55. The summed E-state index contributed by atoms with van der Waals surface area (Å²) in [7, 11) is 0. The molecule has 0 radical (unpaired) electrons. The minimum absolute atomic E-state index is 0.238. The molecule has 0 heterocycles. The van der Waals surface area contributed by atoms with Crippen LogP contribution in [0, 0.1) is 0 Å². The number of guanidine groups is 1. The van der Waals surface area contributed by atoms with Gasteiger partial charge in [-0.05, 0) is 38.2 Å². The Morgan fingerprint density at radius 1 is 1.04 bits per heavy atom. The molecule has 0 aliphatic heterocycles. The number of nitrogens with one attached hydrogen (secondary N) is 2. The third-order valence-corrected chi connectivity index (χ3v) is 5.70. The summed E-state index contributed by atoms with van der Waals surface area (Å²) in [5.41, 5.74) is 1.08. The third-order valence-electron chi connectivity index (χ3n) is 5.70. The molecule has 2 saturated carbocycles. The SMILES string of the molecule is CCNC(=NCC1(O)CCCC1)NCC1(c2ccccc2)CCC1. The van der Waals surface area contributed by atoms with Crippen LogP contribution in [0.15, 0.2) is 35.3 Å². The van der Waals surface area contributed by atoms with Gasteiger partial charge in [-0.3, -0.25) is 4.99 Å². The second-order valence-corrected chi connectivity index (χ2v) is 7.48. The van der Waals surface area contributed by atoms with Crippen molar-refractivity contribution in [3.05, 3.63) is 35.9 Å². The normalized spacial score (nSPS) is 22.0. The van der Waals surface area contributed by atoms with Gasteiger partial charge in [0.2, 0.25) is 0 Å². The van der Waals surface area contributed by atoms with Gasteiger partial charge in [-0.1, -0.05) is 49.6 Å². The molecular formula is C20H31N3O. The van der Waals surface area contributed by atoms with Gasteiger partial charge in [-0.2, -0.15) is 0 Å². The molecule has 2 fully saturated rings. The van der Waals surface area contributed by atoms with Crippen LogP contribution in [0.4, 0.5) is 0 Å². The van der Waals surface area contributed by atoms with E-state index in [1.54, 1.807) is 0 Å². The van der Waals surface area contributed by atoms with E-state index in [2.05, 4.69) is 52.9 Å². The molecule has 0 saturated heterocycles. The van der Waals surface area contributed by atoms with Gasteiger partial charge >= 0.3 is 0 Å². The number of hydrogen-bond donors (Lipinski definition) is 3. The van der Waals surface area contributed by atoms with Gasteiger partial charge < -0.3 is 15.7 Å². The van der Waals surface area contributed by atoms with Gasteiger partial charge in [-0.25, -0.2) is 0 Å². The quantitative estimate of drug-likeness (QED) is 0.555. The molecular weight excluding hydrogens is 298 g/mol. The van der Waals surface area contributed by atoms with E-state index < -0.39 is 5.60 Å². The fourth-order valence-electron chi connectivity index (χ4n) is 3.97. The van der Waals surface area contributed by atoms with Crippen LogP contribution in [0.2, 0.25) is 0 Å². The third kappa shape index (κ3) is 3.92. The minimum Gasteiger partial charge on any atom is -0.388 e. The van der Waals surface area contributed by atoms with E-state index in [9.17, 15) is 5.11 Å². The van der Waals surface area contributed by atoms with E-state index in [0.717, 1.165) is 44.7 Å². The first kappa shape index (κ1) is 17.3. The lowest BCUT2D eigenvalue weighted by Gasteiger charge is -2.43. The van der Waals surface area contributed by atoms with Crippen LogP contribution >= 0.6 is 0 Å². The van der Waals surface area contributed by atoms with E-state index in [1.807, 2.05) is 0 Å². The maximum Gasteiger partial charge on any atom is 0.191 e. The second-order valence-electron chi connectivity index (χ2n) is 7.48. The monoisotopic (exact) mass is 329 g/mol. The van der Waals surface area contributed by atoms with Crippen molar-refractivity contribution in [1.82, 2.24) is 10.6 Å². The molecule has 0 atom stereocenters. The average molecular weight is 329 g/mol. The van der Waals surface area contributed by atoms with Crippen molar-refractivity contribution in [2.24, 2.45) is 4.99 Å². The summed E-state index contributed by atoms with van der Waals surface area (Å²) in [4.78, 5) is 4.67. The smallest absolute Gasteiger partial charge is 0.191 e. The van der Waals surface area contributed by atoms with E-state index >= 15 is 0 Å². The standard InChI is InChI=1S/C20H31N3O/c1-2-21-18(23-16-20(24)13-6-7-14-20)22-15-19(11-8-12-19)17-9-4-3-5-10-17/h3-5,9-10,24H,2,6-8,11-16H2,1H3,(H2,21,22,23). The molecule has 4 nitrogen and oxygen atoms in total. The molecule has 1 aromatic rings. The van der Waals surface area contributed by atoms with Crippen molar-refractivity contribution in [3.63, 3.8) is 0 Å². The molecule has 0 spiro atoms. The molecule has 2 aliphatic carbocycles. The first-order valence-corrected chi connectivity index (χ1v) is 9.46. The van der Waals surface area contributed by atoms with Gasteiger partial charge in [0.15, 0.2) is 5.96 Å². The highest BCUT2D eigenvalue weighted by Gasteiger charge is 2.38. The first-order chi connectivity index (χ1) is 11.7. The largest absolute Gasteiger partial charge is 0.388 e. The van der Waals surface area contributed by atoms with Crippen LogP contribution in [-0.4, -0.2) is 36.3 Å². The van der Waals surface area contributed by atoms with Crippen molar-refractivity contribution in [1.29, 1.82) is 0 Å². The highest BCUT2D eigenvalue weighted by Crippen LogP contribution is 2.43. The van der Waals surface area contributed by atoms with E-state index in [0.29, 0.717) is 6.54 Å². The summed E-state index contributed by atoms with van der Waals surface area (Å²) >= 11 is 0. The van der Waals surface area contributed by atoms with Crippen molar-refractivity contribution in [2.75, 3.05) is 19.6 Å². The Labute approximate surface area is 145 Å². The summed E-state index contributed by atoms with van der Waals surface area (Å²) in [6.07, 6.45) is 7.75. The molecule has 132 valence electrons. The minimum atomic E-state index is -0.587. The zero-order valence-electron chi connectivity index (χ0n) is 14.9. The van der Waals surface area contributed by atoms with Crippen molar-refractivity contribution >= 4 is 5.96 Å². The highest BCUT2D eigenvalue weighted by atomic mass is 16.3. The lowest BCUT2D eigenvalue weighted by atomic mass is 9.64. The summed E-state index contributed by atoms with van der Waals surface area (Å²) in [5, 5.41) is 17.4. The molecule has 24 heavy (non-hydrogen) atoms. The van der Waals surface area contributed by atoms with Crippen LogP contribution < -0.4 is 10.6 Å². The van der Waals surface area contributed by atoms with Crippen molar-refractivity contribution in [3.8, 4) is 0 Å². The van der Waals surface area contributed by atoms with Crippen LogP contribution in [0.5, 0.6) is 0 Å². The van der Waals surface area contributed by atoms with Gasteiger partial charge in [-0.15, -0.1) is 0 Å². The fourth-order valence-corrected chi connectivity index (χ4v) is 3.97. The summed E-state index contributed by atoms with van der Waals surface area (Å²) in [6, 6.07) is 10.8. The van der Waals surface area contributed by atoms with Crippen LogP contribution in [-0.2, 0) is 5.41 Å². The molecule has 0 amide bonds. The Morgan fingerprint density at radius 3 is 2.33 bits per heavy atom. The second kappa shape index (κ2) is 7.56. The topological polar surface area (TPSA) is 56.7 Å². The van der Waals surface area contributed by atoms with Crippen molar-refractivity contribution < 1.29 is 5.11 Å². The van der Waals surface area contributed by atoms with Gasteiger partial charge in [0, 0.05) is 18.5 Å². The molecule has 0 bridgehead atoms. The number of aliphatic imine (C=N–C) groups is 1. The number of aliphatic hydroxyl groups is 1. The Balaban J connectivity index is 1.63. The maximum absolute atomic E-state index is 10.5. The number of hydrogen-bond acceptors (Lipinski definition) is 2. The number of benzene rings is 1. The van der Waals surface area contributed by atoms with Gasteiger partial charge in [0.05, 0.1) is 12.1 Å². The molecule has 3 rings (SSSR count). The summed E-state index contributed by atoms with van der Waals surface area (Å²) in [5.74, 6) is 0.833. The van der Waals surface area contributed by atoms with Gasteiger partial charge in [0.25, 0.3) is 0 Å². The van der Waals surface area contributed by atoms with Crippen LogP contribution in [0.1, 0.15) is 57.4 Å². The first-order valence-electron chi connectivity index (χ1n) is 9.46. The van der Waals surface area contributed by atoms with E-state index in [-0.39, 0.29) is 5.41 Å². The van der Waals surface area contributed by atoms with Crippen molar-refractivity contribution in [2.45, 2.75) is 62.9 Å². The molecule has 0 unspecified atom stereocenters. The lowest BCUT2D eigenvalue weighted by molar-refractivity contribution is 0.0574. The van der Waals surface area contributed by atoms with E-state index in [1.165, 1.54) is 24.8 Å². The number of rotatable bonds is 6. The molecule has 3 N–H and O–H groups in total. The molecule has 2 aliphatic rings. The Morgan fingerprint density at radius 2 is 1.75 bits per heavy atom. The van der Waals surface area contributed by atoms with Crippen LogP contribution in [0.3, 0.4) is 0 Å². The summed E-state index contributed by atoms with van der Waals surface area (Å²) < 4.78 is 0. The van der Waals surface area contributed by atoms with Gasteiger partial charge in [0.1, 0.15) is 0 Å². The molecule has 0 aromatic heterocycles. The predicted molar refractivity (Wildman–Crippen MR) is 99.4 cm³/mol. The molecule has 4 heteroatoms. The molecule has 1 aromatic carbocycles. The lowest BCUT2D eigenvalue weighted by Crippen LogP contribution is -2.49. The predicted octanol–water partition coefficient (Wildman–Crippen LogP) is 2.97. The zero-order valence-corrected chi connectivity index (χ0v) is 14.9. The zero-order chi connectivity index (χ0) is 16.9. The fraction of sp³-hybridized carbons (Fsp3) is 0.650. The highest BCUT2D eigenvalue weighted by molar-refractivity contribution is 5.80.